The summed E-state index contributed by atoms with van der Waals surface area (Å²) in [7, 11) is 3.66. The van der Waals surface area contributed by atoms with Crippen LogP contribution in [0.25, 0.3) is 0 Å². The van der Waals surface area contributed by atoms with Crippen molar-refractivity contribution in [1.29, 1.82) is 0 Å². The summed E-state index contributed by atoms with van der Waals surface area (Å²) >= 11 is 0. The number of carboxylic acid groups (broad SMARTS) is 1. The van der Waals surface area contributed by atoms with E-state index in [1.54, 1.807) is 11.9 Å². The van der Waals surface area contributed by atoms with Crippen molar-refractivity contribution in [2.75, 3.05) is 46.9 Å². The van der Waals surface area contributed by atoms with E-state index in [1.807, 2.05) is 11.9 Å². The summed E-state index contributed by atoms with van der Waals surface area (Å²) in [4.78, 5) is 14.0. The molecule has 2 N–H and O–H groups in total. The van der Waals surface area contributed by atoms with Crippen LogP contribution in [0.5, 0.6) is 0 Å². The summed E-state index contributed by atoms with van der Waals surface area (Å²) in [5, 5.41) is 17.1. The minimum Gasteiger partial charge on any atom is -0.480 e. The number of hydrogen-bond donors (Lipinski definition) is 2. The van der Waals surface area contributed by atoms with Crippen LogP contribution in [0.1, 0.15) is 0 Å². The van der Waals surface area contributed by atoms with Gasteiger partial charge in [0, 0.05) is 19.6 Å². The molecule has 0 fully saturated rings. The maximum Gasteiger partial charge on any atom is 0.317 e. The van der Waals surface area contributed by atoms with Crippen LogP contribution >= 0.6 is 0 Å². The van der Waals surface area contributed by atoms with Crippen molar-refractivity contribution in [3.63, 3.8) is 0 Å². The zero-order chi connectivity index (χ0) is 10.3. The molecule has 0 atom stereocenters. The molecule has 0 unspecified atom stereocenters. The standard InChI is InChI=1S/C8H18N2O3/c1-9(5-6-11)3-4-10(2)7-8(12)13/h11H,3-7H2,1-2H3,(H,12,13). The van der Waals surface area contributed by atoms with E-state index >= 15 is 0 Å². The maximum absolute atomic E-state index is 10.3. The predicted molar refractivity (Wildman–Crippen MR) is 49.7 cm³/mol. The minimum absolute atomic E-state index is 0.0625. The summed E-state index contributed by atoms with van der Waals surface area (Å²) < 4.78 is 0. The number of aliphatic hydroxyl groups is 1. The Bertz CT molecular complexity index is 152. The first kappa shape index (κ1) is 12.3. The van der Waals surface area contributed by atoms with E-state index in [0.717, 1.165) is 6.54 Å². The normalized spacial score (nSPS) is 11.2. The monoisotopic (exact) mass is 190 g/mol. The minimum atomic E-state index is -0.813. The Hall–Kier alpha value is -0.650. The number of likely N-dealkylation sites (N-methyl/N-ethyl adjacent to an activating group) is 2. The van der Waals surface area contributed by atoms with Crippen LogP contribution < -0.4 is 0 Å². The first-order valence-electron chi connectivity index (χ1n) is 4.26. The van der Waals surface area contributed by atoms with Gasteiger partial charge in [0.25, 0.3) is 0 Å². The number of aliphatic carboxylic acids is 1. The van der Waals surface area contributed by atoms with Crippen molar-refractivity contribution >= 4 is 5.97 Å². The average Bonchev–Trinajstić information content (AvgIpc) is 2.00. The van der Waals surface area contributed by atoms with Gasteiger partial charge in [-0.05, 0) is 14.1 Å². The highest BCUT2D eigenvalue weighted by Gasteiger charge is 2.04. The lowest BCUT2D eigenvalue weighted by Crippen LogP contribution is -2.34. The first-order valence-corrected chi connectivity index (χ1v) is 4.26. The number of nitrogens with zero attached hydrogens (tertiary/aromatic N) is 2. The van der Waals surface area contributed by atoms with Gasteiger partial charge in [-0.3, -0.25) is 9.69 Å². The molecule has 0 radical (unpaired) electrons. The van der Waals surface area contributed by atoms with Gasteiger partial charge in [0.15, 0.2) is 0 Å². The van der Waals surface area contributed by atoms with E-state index in [4.69, 9.17) is 10.2 Å². The number of carbonyl (C=O) groups is 1. The van der Waals surface area contributed by atoms with Gasteiger partial charge in [-0.2, -0.15) is 0 Å². The molecule has 0 aromatic heterocycles. The molecule has 5 nitrogen and oxygen atoms in total. The molecular formula is C8H18N2O3. The fourth-order valence-electron chi connectivity index (χ4n) is 0.934. The summed E-state index contributed by atoms with van der Waals surface area (Å²) in [5.74, 6) is -0.813. The molecule has 0 aromatic carbocycles. The number of rotatable bonds is 7. The Morgan fingerprint density at radius 3 is 2.15 bits per heavy atom. The summed E-state index contributed by atoms with van der Waals surface area (Å²) in [6.45, 7) is 2.29. The number of hydrogen-bond acceptors (Lipinski definition) is 4. The molecule has 13 heavy (non-hydrogen) atoms. The van der Waals surface area contributed by atoms with E-state index < -0.39 is 5.97 Å². The van der Waals surface area contributed by atoms with Crippen LogP contribution in [0.3, 0.4) is 0 Å². The van der Waals surface area contributed by atoms with E-state index in [-0.39, 0.29) is 13.2 Å². The van der Waals surface area contributed by atoms with Crippen molar-refractivity contribution in [2.45, 2.75) is 0 Å². The fourth-order valence-corrected chi connectivity index (χ4v) is 0.934. The third-order valence-corrected chi connectivity index (χ3v) is 1.75. The van der Waals surface area contributed by atoms with Gasteiger partial charge in [-0.15, -0.1) is 0 Å². The van der Waals surface area contributed by atoms with Crippen molar-refractivity contribution < 1.29 is 15.0 Å². The van der Waals surface area contributed by atoms with Crippen LogP contribution in [0.15, 0.2) is 0 Å². The van der Waals surface area contributed by atoms with Crippen LogP contribution in [-0.4, -0.2) is 72.9 Å². The molecule has 0 saturated heterocycles. The number of aliphatic hydroxyl groups excluding tert-OH is 1. The lowest BCUT2D eigenvalue weighted by atomic mass is 10.4. The second kappa shape index (κ2) is 6.82. The van der Waals surface area contributed by atoms with Crippen molar-refractivity contribution in [3.8, 4) is 0 Å². The van der Waals surface area contributed by atoms with Gasteiger partial charge in [-0.25, -0.2) is 0 Å². The van der Waals surface area contributed by atoms with E-state index in [0.29, 0.717) is 13.1 Å². The second-order valence-electron chi connectivity index (χ2n) is 3.16. The molecule has 0 spiro atoms. The molecule has 0 bridgehead atoms. The van der Waals surface area contributed by atoms with Crippen LogP contribution in [-0.2, 0) is 4.79 Å². The quantitative estimate of drug-likeness (QED) is 0.535. The van der Waals surface area contributed by atoms with Gasteiger partial charge in [0.1, 0.15) is 0 Å². The van der Waals surface area contributed by atoms with Gasteiger partial charge < -0.3 is 15.1 Å². The molecule has 78 valence electrons. The zero-order valence-electron chi connectivity index (χ0n) is 8.23. The third kappa shape index (κ3) is 7.70. The summed E-state index contributed by atoms with van der Waals surface area (Å²) in [6, 6.07) is 0. The topological polar surface area (TPSA) is 64.0 Å². The highest BCUT2D eigenvalue weighted by atomic mass is 16.4. The number of carboxylic acids is 1. The van der Waals surface area contributed by atoms with Crippen LogP contribution in [0.4, 0.5) is 0 Å². The Labute approximate surface area is 78.6 Å². The predicted octanol–water partition coefficient (Wildman–Crippen LogP) is -1.07. The molecule has 0 amide bonds. The van der Waals surface area contributed by atoms with Gasteiger partial charge in [0.2, 0.25) is 0 Å². The van der Waals surface area contributed by atoms with E-state index in [1.165, 1.54) is 0 Å². The van der Waals surface area contributed by atoms with Gasteiger partial charge in [0.05, 0.1) is 13.2 Å². The molecule has 0 heterocycles. The molecule has 0 saturated carbocycles. The Morgan fingerprint density at radius 1 is 1.15 bits per heavy atom. The van der Waals surface area contributed by atoms with E-state index in [2.05, 4.69) is 0 Å². The molecule has 0 aliphatic rings. The molecule has 0 aliphatic carbocycles. The smallest absolute Gasteiger partial charge is 0.317 e. The Kier molecular flexibility index (Phi) is 6.48. The highest BCUT2D eigenvalue weighted by Crippen LogP contribution is 1.85. The molecule has 0 aromatic rings. The van der Waals surface area contributed by atoms with Crippen molar-refractivity contribution in [3.05, 3.63) is 0 Å². The highest BCUT2D eigenvalue weighted by molar-refractivity contribution is 5.68. The van der Waals surface area contributed by atoms with Crippen LogP contribution in [0, 0.1) is 0 Å². The van der Waals surface area contributed by atoms with E-state index in [9.17, 15) is 4.79 Å². The lowest BCUT2D eigenvalue weighted by Gasteiger charge is -2.19. The van der Waals surface area contributed by atoms with Gasteiger partial charge >= 0.3 is 5.97 Å². The average molecular weight is 190 g/mol. The Morgan fingerprint density at radius 2 is 1.69 bits per heavy atom. The first-order chi connectivity index (χ1) is 6.06. The lowest BCUT2D eigenvalue weighted by molar-refractivity contribution is -0.138. The van der Waals surface area contributed by atoms with Crippen molar-refractivity contribution in [1.82, 2.24) is 9.80 Å². The van der Waals surface area contributed by atoms with Crippen molar-refractivity contribution in [2.24, 2.45) is 0 Å². The SMILES string of the molecule is CN(CCO)CCN(C)CC(=O)O. The molecule has 0 rings (SSSR count). The maximum atomic E-state index is 10.3. The third-order valence-electron chi connectivity index (χ3n) is 1.75. The molecular weight excluding hydrogens is 172 g/mol. The van der Waals surface area contributed by atoms with Gasteiger partial charge in [-0.1, -0.05) is 0 Å². The van der Waals surface area contributed by atoms with Crippen LogP contribution in [0.2, 0.25) is 0 Å². The molecule has 0 aliphatic heterocycles. The Balaban J connectivity index is 3.45. The fraction of sp³-hybridized carbons (Fsp3) is 0.875. The zero-order valence-corrected chi connectivity index (χ0v) is 8.23. The summed E-state index contributed by atoms with van der Waals surface area (Å²) in [5.41, 5.74) is 0. The largest absolute Gasteiger partial charge is 0.480 e. The molecule has 5 heteroatoms. The summed E-state index contributed by atoms with van der Waals surface area (Å²) in [6.07, 6.45) is 0. The second-order valence-corrected chi connectivity index (χ2v) is 3.16.